The van der Waals surface area contributed by atoms with Gasteiger partial charge in [-0.2, -0.15) is 0 Å². The summed E-state index contributed by atoms with van der Waals surface area (Å²) >= 11 is 0. The van der Waals surface area contributed by atoms with Gasteiger partial charge in [-0.15, -0.1) is 0 Å². The van der Waals surface area contributed by atoms with Crippen LogP contribution in [0.5, 0.6) is 5.75 Å². The van der Waals surface area contributed by atoms with E-state index in [1.807, 2.05) is 5.32 Å². The first kappa shape index (κ1) is 16.9. The fourth-order valence-electron chi connectivity index (χ4n) is 1.59. The second kappa shape index (κ2) is 7.02. The van der Waals surface area contributed by atoms with Gasteiger partial charge in [-0.3, -0.25) is 19.7 Å². The Morgan fingerprint density at radius 2 is 1.91 bits per heavy atom. The number of aromatic hydroxyl groups is 1. The van der Waals surface area contributed by atoms with E-state index in [2.05, 4.69) is 0 Å². The number of hydrogen-bond acceptors (Lipinski definition) is 6. The van der Waals surface area contributed by atoms with Gasteiger partial charge in [-0.05, 0) is 12.5 Å². The summed E-state index contributed by atoms with van der Waals surface area (Å²) in [6.45, 7) is 0. The molecule has 0 saturated heterocycles. The molecular formula is C12H12N2O8. The molecule has 4 N–H and O–H groups in total. The van der Waals surface area contributed by atoms with Crippen molar-refractivity contribution in [3.05, 3.63) is 33.9 Å². The quantitative estimate of drug-likeness (QED) is 0.413. The summed E-state index contributed by atoms with van der Waals surface area (Å²) < 4.78 is 0. The van der Waals surface area contributed by atoms with E-state index in [9.17, 15) is 29.6 Å². The third-order valence-corrected chi connectivity index (χ3v) is 2.69. The van der Waals surface area contributed by atoms with E-state index in [0.29, 0.717) is 0 Å². The zero-order chi connectivity index (χ0) is 16.9. The molecule has 0 radical (unpaired) electrons. The molecule has 0 aromatic heterocycles. The predicted octanol–water partition coefficient (Wildman–Crippen LogP) is 0.348. The molecule has 0 fully saturated rings. The van der Waals surface area contributed by atoms with Gasteiger partial charge in [0.15, 0.2) is 0 Å². The maximum atomic E-state index is 11.9. The lowest BCUT2D eigenvalue weighted by molar-refractivity contribution is -0.384. The molecule has 10 heteroatoms. The number of nitrogens with zero attached hydrogens (tertiary/aromatic N) is 1. The van der Waals surface area contributed by atoms with Gasteiger partial charge in [0.25, 0.3) is 11.6 Å². The average molecular weight is 312 g/mol. The van der Waals surface area contributed by atoms with E-state index in [-0.39, 0.29) is 12.0 Å². The molecule has 10 nitrogen and oxygen atoms in total. The summed E-state index contributed by atoms with van der Waals surface area (Å²) in [5, 5.41) is 39.6. The Kier molecular flexibility index (Phi) is 5.38. The SMILES string of the molecule is O=C(O)CCC(NC(=O)c1ccc([N+](=O)[O-])cc1O)C(=O)O. The van der Waals surface area contributed by atoms with Gasteiger partial charge in [-0.1, -0.05) is 0 Å². The fraction of sp³-hybridized carbons (Fsp3) is 0.250. The van der Waals surface area contributed by atoms with Crippen LogP contribution in [0.15, 0.2) is 18.2 Å². The Morgan fingerprint density at radius 1 is 1.27 bits per heavy atom. The first-order valence-electron chi connectivity index (χ1n) is 5.95. The first-order chi connectivity index (χ1) is 10.2. The lowest BCUT2D eigenvalue weighted by Crippen LogP contribution is -2.41. The average Bonchev–Trinajstić information content (AvgIpc) is 2.42. The highest BCUT2D eigenvalue weighted by Crippen LogP contribution is 2.23. The zero-order valence-corrected chi connectivity index (χ0v) is 11.1. The molecule has 118 valence electrons. The van der Waals surface area contributed by atoms with Crippen LogP contribution >= 0.6 is 0 Å². The van der Waals surface area contributed by atoms with Gasteiger partial charge in [-0.25, -0.2) is 4.79 Å². The summed E-state index contributed by atoms with van der Waals surface area (Å²) in [5.74, 6) is -4.33. The number of carbonyl (C=O) groups is 3. The van der Waals surface area contributed by atoms with Crippen LogP contribution in [0, 0.1) is 10.1 Å². The summed E-state index contributed by atoms with van der Waals surface area (Å²) in [6, 6.07) is 1.24. The number of phenolic OH excluding ortho intramolecular Hbond substituents is 1. The Balaban J connectivity index is 2.88. The predicted molar refractivity (Wildman–Crippen MR) is 70.5 cm³/mol. The maximum absolute atomic E-state index is 11.9. The van der Waals surface area contributed by atoms with Crippen LogP contribution in [0.2, 0.25) is 0 Å². The topological polar surface area (TPSA) is 167 Å². The molecule has 0 bridgehead atoms. The van der Waals surface area contributed by atoms with Crippen LogP contribution in [-0.2, 0) is 9.59 Å². The molecule has 22 heavy (non-hydrogen) atoms. The first-order valence-corrected chi connectivity index (χ1v) is 5.95. The normalized spacial score (nSPS) is 11.5. The van der Waals surface area contributed by atoms with Gasteiger partial charge >= 0.3 is 11.9 Å². The molecule has 0 aliphatic carbocycles. The molecule has 1 amide bonds. The number of nitro benzene ring substituents is 1. The van der Waals surface area contributed by atoms with Gasteiger partial charge in [0.1, 0.15) is 11.8 Å². The highest BCUT2D eigenvalue weighted by Gasteiger charge is 2.23. The molecule has 0 heterocycles. The van der Waals surface area contributed by atoms with E-state index in [1.54, 1.807) is 0 Å². The van der Waals surface area contributed by atoms with Crippen molar-refractivity contribution >= 4 is 23.5 Å². The number of nitro groups is 1. The van der Waals surface area contributed by atoms with Crippen molar-refractivity contribution in [3.8, 4) is 5.75 Å². The lowest BCUT2D eigenvalue weighted by atomic mass is 10.1. The third kappa shape index (κ3) is 4.44. The largest absolute Gasteiger partial charge is 0.507 e. The summed E-state index contributed by atoms with van der Waals surface area (Å²) in [7, 11) is 0. The Morgan fingerprint density at radius 3 is 2.36 bits per heavy atom. The zero-order valence-electron chi connectivity index (χ0n) is 11.1. The molecule has 1 atom stereocenters. The minimum absolute atomic E-state index is 0.343. The van der Waals surface area contributed by atoms with Crippen LogP contribution in [0.25, 0.3) is 0 Å². The number of carboxylic acids is 2. The molecule has 1 unspecified atom stereocenters. The number of rotatable bonds is 7. The number of amides is 1. The van der Waals surface area contributed by atoms with Crippen molar-refractivity contribution < 1.29 is 34.6 Å². The van der Waals surface area contributed by atoms with Crippen molar-refractivity contribution in [1.82, 2.24) is 5.32 Å². The molecule has 1 rings (SSSR count). The molecule has 0 saturated carbocycles. The molecule has 0 aliphatic heterocycles. The molecule has 1 aromatic carbocycles. The maximum Gasteiger partial charge on any atom is 0.326 e. The summed E-state index contributed by atoms with van der Waals surface area (Å²) in [4.78, 5) is 43.0. The van der Waals surface area contributed by atoms with Crippen molar-refractivity contribution in [2.45, 2.75) is 18.9 Å². The van der Waals surface area contributed by atoms with Crippen LogP contribution in [0.3, 0.4) is 0 Å². The van der Waals surface area contributed by atoms with Crippen molar-refractivity contribution in [2.24, 2.45) is 0 Å². The second-order valence-electron chi connectivity index (χ2n) is 4.26. The van der Waals surface area contributed by atoms with E-state index in [4.69, 9.17) is 10.2 Å². The highest BCUT2D eigenvalue weighted by atomic mass is 16.6. The van der Waals surface area contributed by atoms with Gasteiger partial charge in [0.05, 0.1) is 16.6 Å². The van der Waals surface area contributed by atoms with E-state index < -0.39 is 46.7 Å². The highest BCUT2D eigenvalue weighted by molar-refractivity contribution is 5.99. The van der Waals surface area contributed by atoms with Gasteiger partial charge < -0.3 is 20.6 Å². The lowest BCUT2D eigenvalue weighted by Gasteiger charge is -2.14. The molecule has 1 aromatic rings. The second-order valence-corrected chi connectivity index (χ2v) is 4.26. The number of phenols is 1. The minimum Gasteiger partial charge on any atom is -0.507 e. The van der Waals surface area contributed by atoms with Crippen LogP contribution in [-0.4, -0.2) is 44.1 Å². The van der Waals surface area contributed by atoms with Crippen LogP contribution in [0.1, 0.15) is 23.2 Å². The monoisotopic (exact) mass is 312 g/mol. The number of carbonyl (C=O) groups excluding carboxylic acids is 1. The number of aliphatic carboxylic acids is 2. The van der Waals surface area contributed by atoms with E-state index in [0.717, 1.165) is 18.2 Å². The third-order valence-electron chi connectivity index (χ3n) is 2.69. The number of hydrogen-bond donors (Lipinski definition) is 4. The Bertz CT molecular complexity index is 628. The fourth-order valence-corrected chi connectivity index (χ4v) is 1.59. The number of non-ortho nitro benzene ring substituents is 1. The number of carboxylic acid groups (broad SMARTS) is 2. The van der Waals surface area contributed by atoms with E-state index >= 15 is 0 Å². The Hall–Kier alpha value is -3.17. The summed E-state index contributed by atoms with van der Waals surface area (Å²) in [5.41, 5.74) is -0.790. The molecule has 0 aliphatic rings. The van der Waals surface area contributed by atoms with Crippen molar-refractivity contribution in [2.75, 3.05) is 0 Å². The summed E-state index contributed by atoms with van der Waals surface area (Å²) in [6.07, 6.45) is -0.812. The standard InChI is InChI=1S/C12H12N2O8/c15-9-5-6(14(21)22)1-2-7(9)11(18)13-8(12(19)20)3-4-10(16)17/h1-2,5,8,15H,3-4H2,(H,13,18)(H,16,17)(H,19,20). The number of nitrogens with one attached hydrogen (secondary N) is 1. The minimum atomic E-state index is -1.46. The van der Waals surface area contributed by atoms with Crippen LogP contribution in [0.4, 0.5) is 5.69 Å². The van der Waals surface area contributed by atoms with E-state index in [1.165, 1.54) is 0 Å². The molecular weight excluding hydrogens is 300 g/mol. The van der Waals surface area contributed by atoms with Crippen molar-refractivity contribution in [3.63, 3.8) is 0 Å². The number of benzene rings is 1. The smallest absolute Gasteiger partial charge is 0.326 e. The van der Waals surface area contributed by atoms with Crippen LogP contribution < -0.4 is 5.32 Å². The van der Waals surface area contributed by atoms with Gasteiger partial charge in [0, 0.05) is 12.5 Å². The molecule has 0 spiro atoms. The van der Waals surface area contributed by atoms with Crippen molar-refractivity contribution in [1.29, 1.82) is 0 Å². The van der Waals surface area contributed by atoms with Gasteiger partial charge in [0.2, 0.25) is 0 Å². The Labute approximate surface area is 123 Å².